The van der Waals surface area contributed by atoms with Crippen molar-refractivity contribution in [3.05, 3.63) is 138 Å². The number of nitrogens with zero attached hydrogens (tertiary/aromatic N) is 2. The van der Waals surface area contributed by atoms with Crippen LogP contribution in [0.2, 0.25) is 0 Å². The molecule has 7 heteroatoms. The van der Waals surface area contributed by atoms with Crippen LogP contribution in [0.15, 0.2) is 125 Å². The topological polar surface area (TPSA) is 76.0 Å². The van der Waals surface area contributed by atoms with Gasteiger partial charge in [0.05, 0.1) is 10.6 Å². The van der Waals surface area contributed by atoms with Crippen LogP contribution in [0, 0.1) is 6.92 Å². The van der Waals surface area contributed by atoms with E-state index in [-0.39, 0.29) is 35.7 Å². The molecule has 6 nitrogen and oxygen atoms in total. The minimum atomic E-state index is -3.60. The van der Waals surface area contributed by atoms with E-state index in [9.17, 15) is 13.2 Å². The third-order valence-electron chi connectivity index (χ3n) is 6.40. The normalized spacial score (nSPS) is 12.5. The van der Waals surface area contributed by atoms with E-state index >= 15 is 0 Å². The van der Waals surface area contributed by atoms with Crippen molar-refractivity contribution < 1.29 is 17.9 Å². The number of hydrogen-bond acceptors (Lipinski definition) is 4. The van der Waals surface area contributed by atoms with E-state index in [0.29, 0.717) is 5.56 Å². The molecule has 0 saturated carbocycles. The van der Waals surface area contributed by atoms with Crippen molar-refractivity contribution in [2.24, 2.45) is 4.99 Å². The van der Waals surface area contributed by atoms with Gasteiger partial charge in [-0.05, 0) is 54.8 Å². The Bertz CT molecular complexity index is 1510. The van der Waals surface area contributed by atoms with Crippen LogP contribution in [0.4, 0.5) is 4.79 Å². The lowest BCUT2D eigenvalue weighted by Gasteiger charge is -2.23. The summed E-state index contributed by atoms with van der Waals surface area (Å²) >= 11 is 0. The Morgan fingerprint density at radius 1 is 0.821 bits per heavy atom. The number of urea groups is 1. The lowest BCUT2D eigenvalue weighted by molar-refractivity contribution is 0.198. The summed E-state index contributed by atoms with van der Waals surface area (Å²) in [6.45, 7) is 4.05. The van der Waals surface area contributed by atoms with Crippen molar-refractivity contribution in [2.75, 3.05) is 12.3 Å². The molecule has 0 bridgehead atoms. The van der Waals surface area contributed by atoms with Gasteiger partial charge in [0, 0.05) is 18.7 Å². The minimum Gasteiger partial charge on any atom is -0.469 e. The first-order valence-electron chi connectivity index (χ1n) is 12.8. The molecule has 0 aliphatic rings. The second-order valence-corrected chi connectivity index (χ2v) is 11.3. The fourth-order valence-electron chi connectivity index (χ4n) is 4.07. The summed E-state index contributed by atoms with van der Waals surface area (Å²) < 4.78 is 32.3. The van der Waals surface area contributed by atoms with E-state index in [2.05, 4.69) is 4.99 Å². The van der Waals surface area contributed by atoms with Crippen LogP contribution in [0.5, 0.6) is 0 Å². The highest BCUT2D eigenvalue weighted by Crippen LogP contribution is 2.20. The fraction of sp³-hybridized carbons (Fsp3) is 0.188. The van der Waals surface area contributed by atoms with Crippen molar-refractivity contribution in [3.63, 3.8) is 0 Å². The zero-order valence-corrected chi connectivity index (χ0v) is 22.9. The van der Waals surface area contributed by atoms with Gasteiger partial charge >= 0.3 is 6.03 Å². The van der Waals surface area contributed by atoms with Crippen molar-refractivity contribution in [3.8, 4) is 0 Å². The zero-order valence-electron chi connectivity index (χ0n) is 22.1. The molecule has 0 heterocycles. The standard InChI is InChI=1S/C32H32N2O4S/c1-25-14-12-13-19-29(25)24-34(22-23-39(36,37)30-20-10-5-11-21-30)32(35)33-31(28-17-8-4-9-18-28)38-26(2)27-15-6-3-7-16-27/h3-21,26H,22-24H2,1-2H3/b33-31-. The molecular formula is C32H32N2O4S. The maximum Gasteiger partial charge on any atom is 0.347 e. The summed E-state index contributed by atoms with van der Waals surface area (Å²) in [6, 6.07) is 34.3. The number of ether oxygens (including phenoxy) is 1. The summed E-state index contributed by atoms with van der Waals surface area (Å²) in [5.74, 6) is -0.0517. The monoisotopic (exact) mass is 540 g/mol. The molecule has 0 spiro atoms. The minimum absolute atomic E-state index is 0.0236. The average Bonchev–Trinajstić information content (AvgIpc) is 2.97. The van der Waals surface area contributed by atoms with Crippen LogP contribution in [0.25, 0.3) is 0 Å². The molecule has 0 radical (unpaired) electrons. The molecule has 200 valence electrons. The van der Waals surface area contributed by atoms with E-state index in [0.717, 1.165) is 16.7 Å². The third kappa shape index (κ3) is 7.65. The van der Waals surface area contributed by atoms with Crippen LogP contribution in [0.3, 0.4) is 0 Å². The van der Waals surface area contributed by atoms with E-state index in [1.54, 1.807) is 30.3 Å². The molecule has 0 aliphatic heterocycles. The fourth-order valence-corrected chi connectivity index (χ4v) is 5.34. The molecule has 4 aromatic carbocycles. The Balaban J connectivity index is 1.64. The van der Waals surface area contributed by atoms with Gasteiger partial charge in [0.25, 0.3) is 0 Å². The van der Waals surface area contributed by atoms with Crippen LogP contribution < -0.4 is 0 Å². The van der Waals surface area contributed by atoms with Gasteiger partial charge < -0.3 is 9.64 Å². The highest BCUT2D eigenvalue weighted by atomic mass is 32.2. The zero-order chi connectivity index (χ0) is 27.7. The van der Waals surface area contributed by atoms with E-state index in [4.69, 9.17) is 4.74 Å². The van der Waals surface area contributed by atoms with Gasteiger partial charge in [-0.1, -0.05) is 91.0 Å². The Morgan fingerprint density at radius 3 is 2.03 bits per heavy atom. The third-order valence-corrected chi connectivity index (χ3v) is 8.11. The summed E-state index contributed by atoms with van der Waals surface area (Å²) in [5.41, 5.74) is 3.51. The van der Waals surface area contributed by atoms with Gasteiger partial charge in [-0.15, -0.1) is 0 Å². The predicted octanol–water partition coefficient (Wildman–Crippen LogP) is 6.62. The highest BCUT2D eigenvalue weighted by molar-refractivity contribution is 7.91. The summed E-state index contributed by atoms with van der Waals surface area (Å²) in [4.78, 5) is 19.8. The Hall–Kier alpha value is -4.23. The molecule has 0 aromatic heterocycles. The maximum atomic E-state index is 13.7. The molecule has 1 unspecified atom stereocenters. The maximum absolute atomic E-state index is 13.7. The molecule has 4 rings (SSSR count). The van der Waals surface area contributed by atoms with E-state index in [1.807, 2.05) is 98.8 Å². The quantitative estimate of drug-likeness (QED) is 0.177. The smallest absolute Gasteiger partial charge is 0.347 e. The molecule has 0 fully saturated rings. The second kappa shape index (κ2) is 13.0. The molecule has 1 atom stereocenters. The number of aryl methyl sites for hydroxylation is 1. The van der Waals surface area contributed by atoms with Crippen LogP contribution in [0.1, 0.15) is 35.3 Å². The van der Waals surface area contributed by atoms with Gasteiger partial charge in [0.1, 0.15) is 6.10 Å². The molecular weight excluding hydrogens is 508 g/mol. The van der Waals surface area contributed by atoms with Gasteiger partial charge in [0.15, 0.2) is 9.84 Å². The van der Waals surface area contributed by atoms with Gasteiger partial charge in [0.2, 0.25) is 5.90 Å². The average molecular weight is 541 g/mol. The lowest BCUT2D eigenvalue weighted by Crippen LogP contribution is -2.34. The Morgan fingerprint density at radius 2 is 1.38 bits per heavy atom. The molecule has 0 N–H and O–H groups in total. The number of aliphatic imine (C=N–C) groups is 1. The predicted molar refractivity (Wildman–Crippen MR) is 154 cm³/mol. The van der Waals surface area contributed by atoms with Crippen LogP contribution in [-0.4, -0.2) is 37.5 Å². The number of carbonyl (C=O) groups excluding carboxylic acids is 1. The van der Waals surface area contributed by atoms with Crippen LogP contribution >= 0.6 is 0 Å². The van der Waals surface area contributed by atoms with Gasteiger partial charge in [-0.25, -0.2) is 13.2 Å². The van der Waals surface area contributed by atoms with Crippen molar-refractivity contribution >= 4 is 21.8 Å². The first-order chi connectivity index (χ1) is 18.8. The SMILES string of the molecule is Cc1ccccc1CN(CCS(=O)(=O)c1ccccc1)C(=O)/N=C(\OC(C)c1ccccc1)c1ccccc1. The van der Waals surface area contributed by atoms with Crippen molar-refractivity contribution in [1.82, 2.24) is 4.90 Å². The van der Waals surface area contributed by atoms with Crippen LogP contribution in [-0.2, 0) is 21.1 Å². The first kappa shape index (κ1) is 27.8. The number of hydrogen-bond donors (Lipinski definition) is 0. The summed E-state index contributed by atoms with van der Waals surface area (Å²) in [5, 5.41) is 0. The second-order valence-electron chi connectivity index (χ2n) is 9.22. The largest absolute Gasteiger partial charge is 0.469 e. The number of benzene rings is 4. The van der Waals surface area contributed by atoms with Crippen molar-refractivity contribution in [1.29, 1.82) is 0 Å². The molecule has 2 amide bonds. The Labute approximate surface area is 230 Å². The van der Waals surface area contributed by atoms with Gasteiger partial charge in [-0.3, -0.25) is 0 Å². The van der Waals surface area contributed by atoms with E-state index < -0.39 is 15.9 Å². The summed E-state index contributed by atoms with van der Waals surface area (Å²) in [7, 11) is -3.60. The summed E-state index contributed by atoms with van der Waals surface area (Å²) in [6.07, 6.45) is -0.360. The number of carbonyl (C=O) groups is 1. The Kier molecular flexibility index (Phi) is 9.28. The first-order valence-corrected chi connectivity index (χ1v) is 14.5. The molecule has 0 aliphatic carbocycles. The highest BCUT2D eigenvalue weighted by Gasteiger charge is 2.22. The molecule has 39 heavy (non-hydrogen) atoms. The molecule has 4 aromatic rings. The van der Waals surface area contributed by atoms with Crippen molar-refractivity contribution in [2.45, 2.75) is 31.4 Å². The van der Waals surface area contributed by atoms with Gasteiger partial charge in [-0.2, -0.15) is 4.99 Å². The number of rotatable bonds is 9. The number of sulfone groups is 1. The lowest BCUT2D eigenvalue weighted by atomic mass is 10.1. The van der Waals surface area contributed by atoms with E-state index in [1.165, 1.54) is 4.90 Å². The molecule has 0 saturated heterocycles. The number of amides is 2.